The van der Waals surface area contributed by atoms with E-state index in [9.17, 15) is 0 Å². The second-order valence-corrected chi connectivity index (χ2v) is 11.5. The Kier molecular flexibility index (Phi) is 4.73. The predicted octanol–water partition coefficient (Wildman–Crippen LogP) is 8.81. The highest BCUT2D eigenvalue weighted by atomic mass is 32.1. The summed E-state index contributed by atoms with van der Waals surface area (Å²) in [5.74, 6) is 0. The maximum atomic E-state index is 4.80. The van der Waals surface area contributed by atoms with Crippen LogP contribution >= 0.6 is 11.3 Å². The standard InChI is InChI=1S/C35H26N3S/c1-21-19-29(22(2)25-10-5-4-9-24(21)25)33-34-27(16-18-37(33)3)30-20-23(14-15-32(30)39-34)38-31-13-7-6-11-26(31)28-12-8-17-36-35(28)38/h4-20H,1-3H3/q+1. The van der Waals surface area contributed by atoms with Crippen LogP contribution in [0.3, 0.4) is 0 Å². The molecule has 39 heavy (non-hydrogen) atoms. The third-order valence-corrected chi connectivity index (χ3v) is 9.40. The first kappa shape index (κ1) is 22.4. The van der Waals surface area contributed by atoms with Crippen LogP contribution in [-0.2, 0) is 7.05 Å². The zero-order valence-electron chi connectivity index (χ0n) is 22.1. The average Bonchev–Trinajstić information content (AvgIpc) is 3.50. The summed E-state index contributed by atoms with van der Waals surface area (Å²) in [6.07, 6.45) is 4.10. The molecule has 0 amide bonds. The Hall–Kier alpha value is -4.54. The van der Waals surface area contributed by atoms with Gasteiger partial charge in [-0.15, -0.1) is 11.3 Å². The number of benzene rings is 4. The van der Waals surface area contributed by atoms with Crippen LogP contribution in [-0.4, -0.2) is 9.55 Å². The van der Waals surface area contributed by atoms with Crippen molar-refractivity contribution >= 4 is 64.2 Å². The highest BCUT2D eigenvalue weighted by Gasteiger charge is 2.23. The van der Waals surface area contributed by atoms with Crippen molar-refractivity contribution in [3.8, 4) is 16.9 Å². The van der Waals surface area contributed by atoms with E-state index < -0.39 is 0 Å². The lowest BCUT2D eigenvalue weighted by atomic mass is 9.93. The second-order valence-electron chi connectivity index (χ2n) is 10.4. The molecule has 4 heteroatoms. The fourth-order valence-corrected chi connectivity index (χ4v) is 7.60. The SMILES string of the molecule is Cc1cc(-c2c3sc4ccc(-n5c6ccccc6c6cccnc65)cc4c3cc[n+]2C)c(C)c2ccccc12. The molecule has 0 N–H and O–H groups in total. The number of fused-ring (bicyclic) bond motifs is 7. The molecule has 0 bridgehead atoms. The fraction of sp³-hybridized carbons (Fsp3) is 0.0857. The van der Waals surface area contributed by atoms with Crippen molar-refractivity contribution in [2.75, 3.05) is 0 Å². The minimum atomic E-state index is 0.993. The first-order chi connectivity index (χ1) is 19.1. The van der Waals surface area contributed by atoms with Gasteiger partial charge in [0.1, 0.15) is 17.4 Å². The third kappa shape index (κ3) is 3.15. The van der Waals surface area contributed by atoms with Crippen LogP contribution in [0.15, 0.2) is 103 Å². The lowest BCUT2D eigenvalue weighted by molar-refractivity contribution is -0.659. The van der Waals surface area contributed by atoms with Gasteiger partial charge in [-0.2, -0.15) is 4.57 Å². The van der Waals surface area contributed by atoms with Crippen LogP contribution in [0, 0.1) is 13.8 Å². The number of hydrogen-bond acceptors (Lipinski definition) is 2. The van der Waals surface area contributed by atoms with Crippen LogP contribution in [0.4, 0.5) is 0 Å². The van der Waals surface area contributed by atoms with Crippen molar-refractivity contribution in [3.63, 3.8) is 0 Å². The molecule has 0 aliphatic heterocycles. The molecule has 4 aromatic carbocycles. The Labute approximate surface area is 230 Å². The summed E-state index contributed by atoms with van der Waals surface area (Å²) >= 11 is 1.88. The van der Waals surface area contributed by atoms with Crippen molar-refractivity contribution in [1.82, 2.24) is 9.55 Å². The molecular formula is C35H26N3S+. The average molecular weight is 521 g/mol. The molecule has 0 unspecified atom stereocenters. The normalized spacial score (nSPS) is 12.0. The van der Waals surface area contributed by atoms with E-state index in [1.54, 1.807) is 0 Å². The summed E-state index contributed by atoms with van der Waals surface area (Å²) in [6.45, 7) is 4.49. The first-order valence-electron chi connectivity index (χ1n) is 13.3. The summed E-state index contributed by atoms with van der Waals surface area (Å²) in [5.41, 5.74) is 8.53. The van der Waals surface area contributed by atoms with Crippen molar-refractivity contribution in [1.29, 1.82) is 0 Å². The number of hydrogen-bond donors (Lipinski definition) is 0. The van der Waals surface area contributed by atoms with Gasteiger partial charge in [0.05, 0.1) is 11.1 Å². The summed E-state index contributed by atoms with van der Waals surface area (Å²) in [7, 11) is 2.16. The molecule has 4 heterocycles. The predicted molar refractivity (Wildman–Crippen MR) is 165 cm³/mol. The second kappa shape index (κ2) is 8.23. The first-order valence-corrected chi connectivity index (χ1v) is 14.1. The van der Waals surface area contributed by atoms with Gasteiger partial charge < -0.3 is 0 Å². The summed E-state index contributed by atoms with van der Waals surface area (Å²) < 4.78 is 7.20. The zero-order valence-corrected chi connectivity index (χ0v) is 22.9. The molecule has 0 spiro atoms. The number of rotatable bonds is 2. The number of aryl methyl sites for hydroxylation is 3. The van der Waals surface area contributed by atoms with E-state index in [0.29, 0.717) is 0 Å². The Morgan fingerprint density at radius 1 is 0.718 bits per heavy atom. The van der Waals surface area contributed by atoms with Crippen LogP contribution < -0.4 is 4.57 Å². The van der Waals surface area contributed by atoms with E-state index in [0.717, 1.165) is 11.3 Å². The van der Waals surface area contributed by atoms with E-state index >= 15 is 0 Å². The van der Waals surface area contributed by atoms with Gasteiger partial charge in [0.15, 0.2) is 6.20 Å². The molecule has 0 saturated carbocycles. The Balaban J connectivity index is 1.42. The third-order valence-electron chi connectivity index (χ3n) is 8.21. The number of para-hydroxylation sites is 1. The van der Waals surface area contributed by atoms with Crippen molar-refractivity contribution in [2.45, 2.75) is 13.8 Å². The molecule has 4 aromatic heterocycles. The van der Waals surface area contributed by atoms with Gasteiger partial charge in [-0.25, -0.2) is 4.98 Å². The molecule has 0 atom stereocenters. The lowest BCUT2D eigenvalue weighted by Gasteiger charge is -2.11. The van der Waals surface area contributed by atoms with Crippen LogP contribution in [0.1, 0.15) is 11.1 Å². The van der Waals surface area contributed by atoms with Gasteiger partial charge in [-0.3, -0.25) is 4.57 Å². The maximum Gasteiger partial charge on any atom is 0.230 e. The molecule has 186 valence electrons. The van der Waals surface area contributed by atoms with Crippen LogP contribution in [0.5, 0.6) is 0 Å². The molecule has 0 aliphatic rings. The van der Waals surface area contributed by atoms with E-state index in [-0.39, 0.29) is 0 Å². The minimum Gasteiger partial charge on any atom is -0.294 e. The summed E-state index contributed by atoms with van der Waals surface area (Å²) in [6, 6.07) is 33.0. The van der Waals surface area contributed by atoms with E-state index in [1.165, 1.54) is 69.6 Å². The van der Waals surface area contributed by atoms with Gasteiger partial charge in [0, 0.05) is 44.2 Å². The number of thiophene rings is 1. The Bertz CT molecular complexity index is 2220. The molecule has 8 rings (SSSR count). The Morgan fingerprint density at radius 2 is 1.49 bits per heavy atom. The van der Waals surface area contributed by atoms with Gasteiger partial charge in [-0.05, 0) is 78.2 Å². The minimum absolute atomic E-state index is 0.993. The van der Waals surface area contributed by atoms with Gasteiger partial charge in [0.2, 0.25) is 5.69 Å². The largest absolute Gasteiger partial charge is 0.294 e. The van der Waals surface area contributed by atoms with Gasteiger partial charge >= 0.3 is 0 Å². The number of pyridine rings is 2. The molecule has 0 fully saturated rings. The molecule has 0 saturated heterocycles. The van der Waals surface area contributed by atoms with Crippen LogP contribution in [0.25, 0.3) is 69.8 Å². The summed E-state index contributed by atoms with van der Waals surface area (Å²) in [4.78, 5) is 4.80. The topological polar surface area (TPSA) is 21.7 Å². The Morgan fingerprint density at radius 3 is 2.36 bits per heavy atom. The lowest BCUT2D eigenvalue weighted by Crippen LogP contribution is -2.30. The van der Waals surface area contributed by atoms with Crippen molar-refractivity contribution in [2.24, 2.45) is 7.05 Å². The molecular weight excluding hydrogens is 494 g/mol. The highest BCUT2D eigenvalue weighted by Crippen LogP contribution is 2.42. The molecule has 8 aromatic rings. The van der Waals surface area contributed by atoms with Crippen LogP contribution in [0.2, 0.25) is 0 Å². The van der Waals surface area contributed by atoms with Gasteiger partial charge in [0.25, 0.3) is 0 Å². The van der Waals surface area contributed by atoms with Crippen molar-refractivity contribution < 1.29 is 4.57 Å². The number of aromatic nitrogens is 3. The molecule has 0 aliphatic carbocycles. The summed E-state index contributed by atoms with van der Waals surface area (Å²) in [5, 5.41) is 7.64. The van der Waals surface area contributed by atoms with E-state index in [1.807, 2.05) is 23.6 Å². The molecule has 3 nitrogen and oxygen atoms in total. The van der Waals surface area contributed by atoms with Crippen molar-refractivity contribution in [3.05, 3.63) is 115 Å². The zero-order chi connectivity index (χ0) is 26.2. The smallest absolute Gasteiger partial charge is 0.230 e. The fourth-order valence-electron chi connectivity index (χ4n) is 6.32. The van der Waals surface area contributed by atoms with E-state index in [2.05, 4.69) is 121 Å². The van der Waals surface area contributed by atoms with Gasteiger partial charge in [-0.1, -0.05) is 42.5 Å². The van der Waals surface area contributed by atoms with E-state index in [4.69, 9.17) is 4.98 Å². The highest BCUT2D eigenvalue weighted by molar-refractivity contribution is 7.26. The monoisotopic (exact) mass is 520 g/mol. The number of nitrogens with zero attached hydrogens (tertiary/aromatic N) is 3. The molecule has 0 radical (unpaired) electrons. The quantitative estimate of drug-likeness (QED) is 0.209. The maximum absolute atomic E-state index is 4.80.